The van der Waals surface area contributed by atoms with Crippen molar-refractivity contribution in [3.63, 3.8) is 0 Å². The van der Waals surface area contributed by atoms with E-state index in [0.29, 0.717) is 11.1 Å². The Bertz CT molecular complexity index is 317. The molecule has 0 aromatic heterocycles. The average Bonchev–Trinajstić information content (AvgIpc) is 2.10. The summed E-state index contributed by atoms with van der Waals surface area (Å²) in [6.07, 6.45) is -0.780. The lowest BCUT2D eigenvalue weighted by Crippen LogP contribution is -2.12. The van der Waals surface area contributed by atoms with Crippen LogP contribution in [0.25, 0.3) is 0 Å². The molecule has 0 spiro atoms. The molecule has 0 saturated carbocycles. The van der Waals surface area contributed by atoms with Gasteiger partial charge in [-0.1, -0.05) is 11.6 Å². The highest BCUT2D eigenvalue weighted by molar-refractivity contribution is 6.30. The van der Waals surface area contributed by atoms with E-state index < -0.39 is 11.9 Å². The van der Waals surface area contributed by atoms with E-state index in [4.69, 9.17) is 17.3 Å². The SMILES string of the molecule is Cc1cc(F)c(Cl)cc1C(O)CN. The van der Waals surface area contributed by atoms with Crippen LogP contribution in [0.15, 0.2) is 12.1 Å². The number of hydrogen-bond acceptors (Lipinski definition) is 2. The highest BCUT2D eigenvalue weighted by Crippen LogP contribution is 2.24. The molecule has 0 aliphatic rings. The lowest BCUT2D eigenvalue weighted by atomic mass is 10.0. The van der Waals surface area contributed by atoms with Gasteiger partial charge in [-0.05, 0) is 30.2 Å². The van der Waals surface area contributed by atoms with Gasteiger partial charge in [-0.3, -0.25) is 0 Å². The van der Waals surface area contributed by atoms with Gasteiger partial charge in [-0.25, -0.2) is 4.39 Å². The van der Waals surface area contributed by atoms with E-state index in [0.717, 1.165) is 0 Å². The Labute approximate surface area is 81.1 Å². The first-order valence-corrected chi connectivity index (χ1v) is 4.27. The Morgan fingerprint density at radius 3 is 2.77 bits per heavy atom. The van der Waals surface area contributed by atoms with Gasteiger partial charge in [0.25, 0.3) is 0 Å². The maximum atomic E-state index is 12.9. The number of nitrogens with two attached hydrogens (primary N) is 1. The number of benzene rings is 1. The minimum atomic E-state index is -0.780. The monoisotopic (exact) mass is 203 g/mol. The highest BCUT2D eigenvalue weighted by Gasteiger charge is 2.11. The molecular formula is C9H11ClFNO. The second-order valence-corrected chi connectivity index (χ2v) is 3.28. The van der Waals surface area contributed by atoms with E-state index in [2.05, 4.69) is 0 Å². The maximum Gasteiger partial charge on any atom is 0.142 e. The molecule has 72 valence electrons. The molecule has 0 bridgehead atoms. The first-order valence-electron chi connectivity index (χ1n) is 3.90. The zero-order valence-electron chi connectivity index (χ0n) is 7.22. The van der Waals surface area contributed by atoms with Crippen molar-refractivity contribution in [2.45, 2.75) is 13.0 Å². The van der Waals surface area contributed by atoms with Gasteiger partial charge in [0, 0.05) is 6.54 Å². The van der Waals surface area contributed by atoms with Crippen LogP contribution in [0.5, 0.6) is 0 Å². The van der Waals surface area contributed by atoms with Crippen LogP contribution in [0.4, 0.5) is 4.39 Å². The number of aliphatic hydroxyl groups excluding tert-OH is 1. The second kappa shape index (κ2) is 4.05. The largest absolute Gasteiger partial charge is 0.387 e. The zero-order chi connectivity index (χ0) is 10.0. The van der Waals surface area contributed by atoms with Crippen LogP contribution in [-0.2, 0) is 0 Å². The van der Waals surface area contributed by atoms with Gasteiger partial charge in [-0.15, -0.1) is 0 Å². The zero-order valence-corrected chi connectivity index (χ0v) is 7.98. The minimum Gasteiger partial charge on any atom is -0.387 e. The Balaban J connectivity index is 3.15. The number of halogens is 2. The third-order valence-corrected chi connectivity index (χ3v) is 2.18. The molecule has 0 aliphatic carbocycles. The predicted octanol–water partition coefficient (Wildman–Crippen LogP) is 1.78. The van der Waals surface area contributed by atoms with Gasteiger partial charge >= 0.3 is 0 Å². The molecule has 1 rings (SSSR count). The van der Waals surface area contributed by atoms with Crippen molar-refractivity contribution < 1.29 is 9.50 Å². The summed E-state index contributed by atoms with van der Waals surface area (Å²) in [4.78, 5) is 0. The van der Waals surface area contributed by atoms with Crippen LogP contribution >= 0.6 is 11.6 Å². The van der Waals surface area contributed by atoms with Crippen LogP contribution < -0.4 is 5.73 Å². The lowest BCUT2D eigenvalue weighted by Gasteiger charge is -2.11. The van der Waals surface area contributed by atoms with E-state index in [1.165, 1.54) is 12.1 Å². The molecule has 1 aromatic rings. The molecule has 4 heteroatoms. The van der Waals surface area contributed by atoms with Gasteiger partial charge in [0.15, 0.2) is 0 Å². The molecule has 1 aromatic carbocycles. The number of rotatable bonds is 2. The average molecular weight is 204 g/mol. The summed E-state index contributed by atoms with van der Waals surface area (Å²) in [5, 5.41) is 9.43. The smallest absolute Gasteiger partial charge is 0.142 e. The van der Waals surface area contributed by atoms with Crippen LogP contribution in [0, 0.1) is 12.7 Å². The van der Waals surface area contributed by atoms with Crippen molar-refractivity contribution in [3.8, 4) is 0 Å². The third-order valence-electron chi connectivity index (χ3n) is 1.89. The first-order chi connectivity index (χ1) is 6.06. The summed E-state index contributed by atoms with van der Waals surface area (Å²) < 4.78 is 12.9. The van der Waals surface area contributed by atoms with Crippen LogP contribution in [-0.4, -0.2) is 11.7 Å². The molecule has 0 fully saturated rings. The molecule has 0 heterocycles. The molecule has 1 atom stereocenters. The number of hydrogen-bond donors (Lipinski definition) is 2. The summed E-state index contributed by atoms with van der Waals surface area (Å²) >= 11 is 5.56. The third kappa shape index (κ3) is 2.18. The van der Waals surface area contributed by atoms with Crippen molar-refractivity contribution in [1.82, 2.24) is 0 Å². The predicted molar refractivity (Wildman–Crippen MR) is 50.2 cm³/mol. The summed E-state index contributed by atoms with van der Waals surface area (Å²) in [6, 6.07) is 2.69. The Morgan fingerprint density at radius 2 is 2.23 bits per heavy atom. The van der Waals surface area contributed by atoms with Gasteiger partial charge in [0.05, 0.1) is 11.1 Å². The molecule has 0 saturated heterocycles. The molecule has 13 heavy (non-hydrogen) atoms. The molecule has 3 N–H and O–H groups in total. The fourth-order valence-electron chi connectivity index (χ4n) is 1.15. The standard InChI is InChI=1S/C9H11ClFNO/c1-5-2-8(11)7(10)3-6(5)9(13)4-12/h2-3,9,13H,4,12H2,1H3. The lowest BCUT2D eigenvalue weighted by molar-refractivity contribution is 0.186. The van der Waals surface area contributed by atoms with Gasteiger partial charge < -0.3 is 10.8 Å². The first kappa shape index (κ1) is 10.4. The van der Waals surface area contributed by atoms with E-state index >= 15 is 0 Å². The van der Waals surface area contributed by atoms with Crippen molar-refractivity contribution in [1.29, 1.82) is 0 Å². The molecule has 0 amide bonds. The van der Waals surface area contributed by atoms with Crippen LogP contribution in [0.1, 0.15) is 17.2 Å². The Morgan fingerprint density at radius 1 is 1.62 bits per heavy atom. The van der Waals surface area contributed by atoms with E-state index in [9.17, 15) is 9.50 Å². The van der Waals surface area contributed by atoms with Gasteiger partial charge in [0.1, 0.15) is 5.82 Å². The summed E-state index contributed by atoms with van der Waals surface area (Å²) in [7, 11) is 0. The molecule has 2 nitrogen and oxygen atoms in total. The Kier molecular flexibility index (Phi) is 3.25. The van der Waals surface area contributed by atoms with Gasteiger partial charge in [0.2, 0.25) is 0 Å². The van der Waals surface area contributed by atoms with Crippen molar-refractivity contribution in [2.24, 2.45) is 5.73 Å². The fourth-order valence-corrected chi connectivity index (χ4v) is 1.32. The van der Waals surface area contributed by atoms with Gasteiger partial charge in [-0.2, -0.15) is 0 Å². The van der Waals surface area contributed by atoms with E-state index in [1.807, 2.05) is 0 Å². The maximum absolute atomic E-state index is 12.9. The quantitative estimate of drug-likeness (QED) is 0.770. The molecular weight excluding hydrogens is 193 g/mol. The Hall–Kier alpha value is -0.640. The highest BCUT2D eigenvalue weighted by atomic mass is 35.5. The number of aliphatic hydroxyl groups is 1. The van der Waals surface area contributed by atoms with Crippen molar-refractivity contribution >= 4 is 11.6 Å². The normalized spacial score (nSPS) is 13.0. The fraction of sp³-hybridized carbons (Fsp3) is 0.333. The summed E-state index contributed by atoms with van der Waals surface area (Å²) in [6.45, 7) is 1.80. The van der Waals surface area contributed by atoms with Crippen LogP contribution in [0.2, 0.25) is 5.02 Å². The van der Waals surface area contributed by atoms with E-state index in [-0.39, 0.29) is 11.6 Å². The topological polar surface area (TPSA) is 46.2 Å². The molecule has 0 radical (unpaired) electrons. The molecule has 1 unspecified atom stereocenters. The summed E-state index contributed by atoms with van der Waals surface area (Å²) in [5.41, 5.74) is 6.50. The van der Waals surface area contributed by atoms with E-state index in [1.54, 1.807) is 6.92 Å². The number of aryl methyl sites for hydroxylation is 1. The minimum absolute atomic E-state index is 0.00750. The second-order valence-electron chi connectivity index (χ2n) is 2.87. The molecule has 0 aliphatic heterocycles. The van der Waals surface area contributed by atoms with Crippen molar-refractivity contribution in [3.05, 3.63) is 34.1 Å². The summed E-state index contributed by atoms with van der Waals surface area (Å²) in [5.74, 6) is -0.480. The van der Waals surface area contributed by atoms with Crippen molar-refractivity contribution in [2.75, 3.05) is 6.54 Å². The van der Waals surface area contributed by atoms with Crippen LogP contribution in [0.3, 0.4) is 0 Å².